The summed E-state index contributed by atoms with van der Waals surface area (Å²) < 4.78 is 8.40. The Kier molecular flexibility index (Phi) is 6.54. The molecule has 29 heavy (non-hydrogen) atoms. The topological polar surface area (TPSA) is 83.2 Å². The zero-order chi connectivity index (χ0) is 21.1. The minimum Gasteiger partial charge on any atom is -0.462 e. The Hall–Kier alpha value is -2.45. The molecular formula is C20H22ClN3O4S. The Morgan fingerprint density at radius 2 is 1.83 bits per heavy atom. The van der Waals surface area contributed by atoms with Gasteiger partial charge in [0.05, 0.1) is 32.5 Å². The van der Waals surface area contributed by atoms with Crippen LogP contribution in [0.5, 0.6) is 0 Å². The fraction of sp³-hybridized carbons (Fsp3) is 0.400. The van der Waals surface area contributed by atoms with Crippen molar-refractivity contribution in [2.24, 2.45) is 0 Å². The molecule has 7 nitrogen and oxygen atoms in total. The SMILES string of the molecule is CCCn1c(=O)c2c(C(=O)OCC)cc(-c3ccc(Cl)s3)nc2n(CCC)c1=O. The fourth-order valence-corrected chi connectivity index (χ4v) is 4.19. The minimum atomic E-state index is -0.620. The molecule has 3 rings (SSSR count). The molecule has 154 valence electrons. The number of rotatable bonds is 7. The van der Waals surface area contributed by atoms with Crippen molar-refractivity contribution in [1.82, 2.24) is 14.1 Å². The molecule has 0 bridgehead atoms. The zero-order valence-electron chi connectivity index (χ0n) is 16.5. The van der Waals surface area contributed by atoms with Gasteiger partial charge < -0.3 is 4.74 Å². The average molecular weight is 436 g/mol. The van der Waals surface area contributed by atoms with Gasteiger partial charge in [-0.2, -0.15) is 0 Å². The van der Waals surface area contributed by atoms with E-state index in [1.54, 1.807) is 25.1 Å². The molecule has 0 fully saturated rings. The number of thiophene rings is 1. The van der Waals surface area contributed by atoms with E-state index in [1.807, 2.05) is 13.8 Å². The summed E-state index contributed by atoms with van der Waals surface area (Å²) in [6.07, 6.45) is 1.28. The monoisotopic (exact) mass is 435 g/mol. The van der Waals surface area contributed by atoms with E-state index in [0.717, 1.165) is 4.88 Å². The van der Waals surface area contributed by atoms with E-state index < -0.39 is 17.2 Å². The minimum absolute atomic E-state index is 0.107. The quantitative estimate of drug-likeness (QED) is 0.525. The lowest BCUT2D eigenvalue weighted by Crippen LogP contribution is -2.41. The van der Waals surface area contributed by atoms with Crippen LogP contribution in [0.2, 0.25) is 4.34 Å². The summed E-state index contributed by atoms with van der Waals surface area (Å²) in [5.41, 5.74) is -0.176. The predicted molar refractivity (Wildman–Crippen MR) is 115 cm³/mol. The second-order valence-corrected chi connectivity index (χ2v) is 8.18. The van der Waals surface area contributed by atoms with Gasteiger partial charge >= 0.3 is 11.7 Å². The number of pyridine rings is 1. The van der Waals surface area contributed by atoms with Crippen LogP contribution in [0.25, 0.3) is 21.6 Å². The molecule has 0 atom stereocenters. The number of hydrogen-bond acceptors (Lipinski definition) is 6. The lowest BCUT2D eigenvalue weighted by atomic mass is 10.1. The Morgan fingerprint density at radius 3 is 2.41 bits per heavy atom. The smallest absolute Gasteiger partial charge is 0.339 e. The van der Waals surface area contributed by atoms with Crippen molar-refractivity contribution in [2.45, 2.75) is 46.7 Å². The van der Waals surface area contributed by atoms with E-state index in [9.17, 15) is 14.4 Å². The summed E-state index contributed by atoms with van der Waals surface area (Å²) in [5.74, 6) is -0.620. The van der Waals surface area contributed by atoms with Crippen LogP contribution in [0.4, 0.5) is 0 Å². The van der Waals surface area contributed by atoms with Gasteiger partial charge in [-0.15, -0.1) is 11.3 Å². The first-order chi connectivity index (χ1) is 13.9. The van der Waals surface area contributed by atoms with Crippen LogP contribution in [-0.2, 0) is 17.8 Å². The molecular weight excluding hydrogens is 414 g/mol. The molecule has 0 saturated heterocycles. The number of halogens is 1. The molecule has 9 heteroatoms. The summed E-state index contributed by atoms with van der Waals surface area (Å²) in [5, 5.41) is 0.108. The van der Waals surface area contributed by atoms with Gasteiger partial charge in [0.2, 0.25) is 0 Å². The van der Waals surface area contributed by atoms with E-state index in [0.29, 0.717) is 29.4 Å². The van der Waals surface area contributed by atoms with E-state index in [-0.39, 0.29) is 29.7 Å². The van der Waals surface area contributed by atoms with Crippen LogP contribution in [0, 0.1) is 0 Å². The summed E-state index contributed by atoms with van der Waals surface area (Å²) in [4.78, 5) is 44.2. The molecule has 0 aliphatic rings. The lowest BCUT2D eigenvalue weighted by Gasteiger charge is -2.15. The molecule has 0 N–H and O–H groups in total. The van der Waals surface area contributed by atoms with Crippen LogP contribution < -0.4 is 11.2 Å². The van der Waals surface area contributed by atoms with Crippen molar-refractivity contribution in [3.05, 3.63) is 48.9 Å². The third-order valence-electron chi connectivity index (χ3n) is 4.39. The van der Waals surface area contributed by atoms with Crippen LogP contribution >= 0.6 is 22.9 Å². The Labute approximate surface area is 176 Å². The van der Waals surface area contributed by atoms with Crippen molar-refractivity contribution in [2.75, 3.05) is 6.61 Å². The number of carbonyl (C=O) groups excluding carboxylic acids is 1. The van der Waals surface area contributed by atoms with E-state index in [1.165, 1.54) is 20.5 Å². The molecule has 0 amide bonds. The van der Waals surface area contributed by atoms with Gasteiger partial charge in [0, 0.05) is 13.1 Å². The summed E-state index contributed by atoms with van der Waals surface area (Å²) in [6.45, 7) is 6.33. The lowest BCUT2D eigenvalue weighted by molar-refractivity contribution is 0.0528. The number of hydrogen-bond donors (Lipinski definition) is 0. The molecule has 3 heterocycles. The normalized spacial score (nSPS) is 11.2. The van der Waals surface area contributed by atoms with E-state index in [2.05, 4.69) is 4.98 Å². The largest absolute Gasteiger partial charge is 0.462 e. The number of ether oxygens (including phenoxy) is 1. The predicted octanol–water partition coefficient (Wildman–Crippen LogP) is 3.94. The number of fused-ring (bicyclic) bond motifs is 1. The standard InChI is InChI=1S/C20H22ClN3O4S/c1-4-9-23-17-16(18(25)24(10-5-2)20(23)27)12(19(26)28-6-3)11-13(22-17)14-7-8-15(21)29-14/h7-8,11H,4-6,9-10H2,1-3H3. The van der Waals surface area contributed by atoms with Crippen LogP contribution in [-0.4, -0.2) is 26.7 Å². The third kappa shape index (κ3) is 4.00. The molecule has 0 saturated carbocycles. The van der Waals surface area contributed by atoms with Gasteiger partial charge in [-0.05, 0) is 38.0 Å². The Bertz CT molecular complexity index is 1180. The Morgan fingerprint density at radius 1 is 1.14 bits per heavy atom. The summed E-state index contributed by atoms with van der Waals surface area (Å²) in [7, 11) is 0. The number of aryl methyl sites for hydroxylation is 1. The van der Waals surface area contributed by atoms with Crippen molar-refractivity contribution >= 4 is 39.9 Å². The molecule has 0 aliphatic carbocycles. The van der Waals surface area contributed by atoms with Crippen molar-refractivity contribution in [3.8, 4) is 10.6 Å². The van der Waals surface area contributed by atoms with E-state index >= 15 is 0 Å². The third-order valence-corrected chi connectivity index (χ3v) is 5.65. The molecule has 3 aromatic heterocycles. The molecule has 3 aromatic rings. The number of esters is 1. The van der Waals surface area contributed by atoms with Crippen molar-refractivity contribution in [1.29, 1.82) is 0 Å². The number of nitrogens with zero attached hydrogens (tertiary/aromatic N) is 3. The van der Waals surface area contributed by atoms with Crippen LogP contribution in [0.3, 0.4) is 0 Å². The Balaban J connectivity index is 2.47. The molecule has 0 aliphatic heterocycles. The van der Waals surface area contributed by atoms with Gasteiger partial charge in [0.1, 0.15) is 0 Å². The van der Waals surface area contributed by atoms with Crippen molar-refractivity contribution in [3.63, 3.8) is 0 Å². The van der Waals surface area contributed by atoms with E-state index in [4.69, 9.17) is 16.3 Å². The molecule has 0 unspecified atom stereocenters. The number of aromatic nitrogens is 3. The average Bonchev–Trinajstić information content (AvgIpc) is 3.14. The van der Waals surface area contributed by atoms with Gasteiger partial charge in [-0.3, -0.25) is 13.9 Å². The van der Waals surface area contributed by atoms with Gasteiger partial charge in [0.25, 0.3) is 5.56 Å². The first-order valence-corrected chi connectivity index (χ1v) is 10.7. The van der Waals surface area contributed by atoms with Crippen LogP contribution in [0.1, 0.15) is 44.0 Å². The second kappa shape index (κ2) is 8.92. The molecule has 0 spiro atoms. The number of carbonyl (C=O) groups is 1. The summed E-state index contributed by atoms with van der Waals surface area (Å²) >= 11 is 7.36. The maximum Gasteiger partial charge on any atom is 0.339 e. The van der Waals surface area contributed by atoms with Gasteiger partial charge in [-0.25, -0.2) is 14.6 Å². The van der Waals surface area contributed by atoms with Crippen LogP contribution in [0.15, 0.2) is 27.8 Å². The first kappa shape index (κ1) is 21.3. The fourth-order valence-electron chi connectivity index (χ4n) is 3.19. The first-order valence-electron chi connectivity index (χ1n) is 9.54. The second-order valence-electron chi connectivity index (χ2n) is 6.47. The highest BCUT2D eigenvalue weighted by molar-refractivity contribution is 7.19. The molecule has 0 radical (unpaired) electrons. The highest BCUT2D eigenvalue weighted by Crippen LogP contribution is 2.31. The van der Waals surface area contributed by atoms with Crippen molar-refractivity contribution < 1.29 is 9.53 Å². The highest BCUT2D eigenvalue weighted by atomic mass is 35.5. The highest BCUT2D eigenvalue weighted by Gasteiger charge is 2.23. The maximum absolute atomic E-state index is 13.2. The zero-order valence-corrected chi connectivity index (χ0v) is 18.1. The molecule has 0 aromatic carbocycles. The van der Waals surface area contributed by atoms with Gasteiger partial charge in [-0.1, -0.05) is 25.4 Å². The van der Waals surface area contributed by atoms with Gasteiger partial charge in [0.15, 0.2) is 5.65 Å². The maximum atomic E-state index is 13.2. The summed E-state index contributed by atoms with van der Waals surface area (Å²) in [6, 6.07) is 5.06.